The van der Waals surface area contributed by atoms with Crippen LogP contribution in [0.2, 0.25) is 5.02 Å². The number of primary amides is 1. The lowest BCUT2D eigenvalue weighted by Crippen LogP contribution is -2.15. The quantitative estimate of drug-likeness (QED) is 0.784. The van der Waals surface area contributed by atoms with Crippen molar-refractivity contribution in [3.05, 3.63) is 64.1 Å². The molecule has 1 amide bonds. The lowest BCUT2D eigenvalue weighted by Gasteiger charge is -2.10. The highest BCUT2D eigenvalue weighted by Gasteiger charge is 2.18. The Balaban J connectivity index is 2.04. The molecule has 24 heavy (non-hydrogen) atoms. The van der Waals surface area contributed by atoms with E-state index in [1.165, 1.54) is 22.7 Å². The third-order valence-electron chi connectivity index (χ3n) is 3.49. The van der Waals surface area contributed by atoms with E-state index >= 15 is 0 Å². The minimum Gasteiger partial charge on any atom is -0.485 e. The molecule has 0 saturated heterocycles. The highest BCUT2D eigenvalue weighted by molar-refractivity contribution is 6.30. The van der Waals surface area contributed by atoms with Crippen molar-refractivity contribution in [2.45, 2.75) is 13.5 Å². The van der Waals surface area contributed by atoms with Crippen molar-refractivity contribution in [2.24, 2.45) is 5.73 Å². The van der Waals surface area contributed by atoms with Crippen LogP contribution in [-0.4, -0.2) is 15.3 Å². The van der Waals surface area contributed by atoms with Gasteiger partial charge in [-0.3, -0.25) is 9.20 Å². The fourth-order valence-electron chi connectivity index (χ4n) is 2.42. The number of carbonyl (C=O) groups excluding carboxylic acids is 1. The molecule has 3 rings (SSSR count). The van der Waals surface area contributed by atoms with Gasteiger partial charge in [0.15, 0.2) is 11.4 Å². The van der Waals surface area contributed by atoms with Gasteiger partial charge < -0.3 is 10.5 Å². The molecule has 0 saturated carbocycles. The van der Waals surface area contributed by atoms with E-state index < -0.39 is 17.5 Å². The number of pyridine rings is 1. The summed E-state index contributed by atoms with van der Waals surface area (Å²) in [6.45, 7) is 1.26. The van der Waals surface area contributed by atoms with Crippen molar-refractivity contribution in [1.82, 2.24) is 9.38 Å². The highest BCUT2D eigenvalue weighted by atomic mass is 35.5. The number of halogens is 3. The molecule has 2 aromatic heterocycles. The maximum Gasteiger partial charge on any atom is 0.267 e. The zero-order valence-corrected chi connectivity index (χ0v) is 13.3. The molecule has 0 aliphatic rings. The Morgan fingerprint density at radius 3 is 2.67 bits per heavy atom. The maximum absolute atomic E-state index is 13.7. The molecule has 3 aromatic rings. The number of aryl methyl sites for hydroxylation is 1. The van der Waals surface area contributed by atoms with Crippen LogP contribution in [0.15, 0.2) is 30.5 Å². The highest BCUT2D eigenvalue weighted by Crippen LogP contribution is 2.27. The van der Waals surface area contributed by atoms with Crippen molar-refractivity contribution >= 4 is 23.2 Å². The summed E-state index contributed by atoms with van der Waals surface area (Å²) in [4.78, 5) is 15.8. The number of amides is 1. The monoisotopic (exact) mass is 351 g/mol. The predicted octanol–water partition coefficient (Wildman–Crippen LogP) is 3.25. The van der Waals surface area contributed by atoms with Gasteiger partial charge in [-0.2, -0.15) is 0 Å². The van der Waals surface area contributed by atoms with Gasteiger partial charge in [0.05, 0.1) is 16.3 Å². The first-order chi connectivity index (χ1) is 11.4. The van der Waals surface area contributed by atoms with E-state index in [9.17, 15) is 13.6 Å². The van der Waals surface area contributed by atoms with Crippen LogP contribution in [0, 0.1) is 18.6 Å². The summed E-state index contributed by atoms with van der Waals surface area (Å²) in [5.41, 5.74) is 5.97. The molecule has 0 bridgehead atoms. The number of nitrogens with two attached hydrogens (primary N) is 1. The van der Waals surface area contributed by atoms with Crippen molar-refractivity contribution in [3.63, 3.8) is 0 Å². The van der Waals surface area contributed by atoms with Crippen LogP contribution in [0.1, 0.15) is 21.7 Å². The Labute approximate surface area is 140 Å². The zero-order chi connectivity index (χ0) is 17.4. The van der Waals surface area contributed by atoms with Gasteiger partial charge in [0.25, 0.3) is 5.91 Å². The molecule has 2 heterocycles. The first kappa shape index (κ1) is 16.2. The van der Waals surface area contributed by atoms with Crippen LogP contribution in [0.5, 0.6) is 5.75 Å². The van der Waals surface area contributed by atoms with Crippen LogP contribution >= 0.6 is 11.6 Å². The first-order valence-corrected chi connectivity index (χ1v) is 7.30. The SMILES string of the molecule is Cc1nc2c(OCc3c(F)cccc3F)cc(Cl)cn2c1C(N)=O. The third-order valence-corrected chi connectivity index (χ3v) is 3.70. The summed E-state index contributed by atoms with van der Waals surface area (Å²) in [6.07, 6.45) is 1.47. The predicted molar refractivity (Wildman–Crippen MR) is 84.1 cm³/mol. The standard InChI is InChI=1S/C16H12ClF2N3O2/c1-8-14(15(20)23)22-6-9(17)5-13(16(22)21-8)24-7-10-11(18)3-2-4-12(10)19/h2-6H,7H2,1H3,(H2,20,23). The smallest absolute Gasteiger partial charge is 0.267 e. The number of aromatic nitrogens is 2. The van der Waals surface area contributed by atoms with E-state index in [2.05, 4.69) is 4.98 Å². The number of imidazole rings is 1. The zero-order valence-electron chi connectivity index (χ0n) is 12.5. The minimum absolute atomic E-state index is 0.162. The van der Waals surface area contributed by atoms with Gasteiger partial charge in [-0.05, 0) is 19.1 Å². The minimum atomic E-state index is -0.717. The van der Waals surface area contributed by atoms with E-state index in [4.69, 9.17) is 22.1 Å². The molecule has 0 radical (unpaired) electrons. The molecule has 0 spiro atoms. The van der Waals surface area contributed by atoms with E-state index in [-0.39, 0.29) is 34.3 Å². The first-order valence-electron chi connectivity index (χ1n) is 6.92. The van der Waals surface area contributed by atoms with Crippen LogP contribution in [-0.2, 0) is 6.61 Å². The molecule has 124 valence electrons. The van der Waals surface area contributed by atoms with Gasteiger partial charge in [0.1, 0.15) is 23.9 Å². The molecule has 0 fully saturated rings. The van der Waals surface area contributed by atoms with Gasteiger partial charge >= 0.3 is 0 Å². The maximum atomic E-state index is 13.7. The number of hydrogen-bond acceptors (Lipinski definition) is 3. The number of rotatable bonds is 4. The van der Waals surface area contributed by atoms with Crippen LogP contribution < -0.4 is 10.5 Å². The number of ether oxygens (including phenoxy) is 1. The average Bonchev–Trinajstić information content (AvgIpc) is 2.82. The number of nitrogens with zero attached hydrogens (tertiary/aromatic N) is 2. The van der Waals surface area contributed by atoms with Crippen LogP contribution in [0.25, 0.3) is 5.65 Å². The Bertz CT molecular complexity index is 936. The van der Waals surface area contributed by atoms with E-state index in [1.807, 2.05) is 0 Å². The molecule has 2 N–H and O–H groups in total. The number of hydrogen-bond donors (Lipinski definition) is 1. The van der Waals surface area contributed by atoms with Crippen LogP contribution in [0.3, 0.4) is 0 Å². The van der Waals surface area contributed by atoms with Crippen LogP contribution in [0.4, 0.5) is 8.78 Å². The van der Waals surface area contributed by atoms with Gasteiger partial charge in [0.2, 0.25) is 0 Å². The van der Waals surface area contributed by atoms with Crippen molar-refractivity contribution in [2.75, 3.05) is 0 Å². The van der Waals surface area contributed by atoms with E-state index in [0.717, 1.165) is 12.1 Å². The summed E-state index contributed by atoms with van der Waals surface area (Å²) in [6, 6.07) is 5.00. The summed E-state index contributed by atoms with van der Waals surface area (Å²) < 4.78 is 34.3. The van der Waals surface area contributed by atoms with Crippen molar-refractivity contribution in [3.8, 4) is 5.75 Å². The fraction of sp³-hybridized carbons (Fsp3) is 0.125. The molecular weight excluding hydrogens is 340 g/mol. The lowest BCUT2D eigenvalue weighted by atomic mass is 10.2. The largest absolute Gasteiger partial charge is 0.485 e. The number of benzene rings is 1. The topological polar surface area (TPSA) is 69.6 Å². The Morgan fingerprint density at radius 2 is 2.04 bits per heavy atom. The second-order valence-electron chi connectivity index (χ2n) is 5.12. The Hall–Kier alpha value is -2.67. The molecule has 0 aliphatic heterocycles. The van der Waals surface area contributed by atoms with Crippen molar-refractivity contribution in [1.29, 1.82) is 0 Å². The number of fused-ring (bicyclic) bond motifs is 1. The summed E-state index contributed by atoms with van der Waals surface area (Å²) in [5.74, 6) is -1.93. The third kappa shape index (κ3) is 2.78. The molecule has 5 nitrogen and oxygen atoms in total. The summed E-state index contributed by atoms with van der Waals surface area (Å²) in [5, 5.41) is 0.256. The Morgan fingerprint density at radius 1 is 1.38 bits per heavy atom. The van der Waals surface area contributed by atoms with E-state index in [0.29, 0.717) is 5.69 Å². The molecule has 1 aromatic carbocycles. The van der Waals surface area contributed by atoms with Gasteiger partial charge in [-0.25, -0.2) is 13.8 Å². The van der Waals surface area contributed by atoms with Gasteiger partial charge in [0, 0.05) is 12.3 Å². The van der Waals surface area contributed by atoms with Gasteiger partial charge in [-0.1, -0.05) is 17.7 Å². The normalized spacial score (nSPS) is 11.0. The molecule has 0 atom stereocenters. The second kappa shape index (κ2) is 6.09. The van der Waals surface area contributed by atoms with Gasteiger partial charge in [-0.15, -0.1) is 0 Å². The van der Waals surface area contributed by atoms with E-state index in [1.54, 1.807) is 6.92 Å². The molecular formula is C16H12ClF2N3O2. The summed E-state index contributed by atoms with van der Waals surface area (Å²) >= 11 is 6.03. The number of carbonyl (C=O) groups is 1. The lowest BCUT2D eigenvalue weighted by molar-refractivity contribution is 0.0994. The Kier molecular flexibility index (Phi) is 4.11. The summed E-state index contributed by atoms with van der Waals surface area (Å²) in [7, 11) is 0. The molecule has 0 unspecified atom stereocenters. The molecule has 8 heteroatoms. The fourth-order valence-corrected chi connectivity index (χ4v) is 2.62. The average molecular weight is 352 g/mol. The van der Waals surface area contributed by atoms with Crippen molar-refractivity contribution < 1.29 is 18.3 Å². The molecule has 0 aliphatic carbocycles. The second-order valence-corrected chi connectivity index (χ2v) is 5.55.